The standard InChI is InChI=1S/C13H17NO3/c1-3-17-13(15)6-4-5-10-9-11(14)7-8-12(10)16-2/h4-5,7-9H,3,6,14H2,1-2H3. The third kappa shape index (κ3) is 4.18. The Morgan fingerprint density at radius 3 is 2.88 bits per heavy atom. The quantitative estimate of drug-likeness (QED) is 0.628. The summed E-state index contributed by atoms with van der Waals surface area (Å²) in [6, 6.07) is 5.35. The summed E-state index contributed by atoms with van der Waals surface area (Å²) in [6.45, 7) is 2.18. The molecule has 0 radical (unpaired) electrons. The lowest BCUT2D eigenvalue weighted by Gasteiger charge is -2.05. The van der Waals surface area contributed by atoms with Gasteiger partial charge in [-0.2, -0.15) is 0 Å². The minimum atomic E-state index is -0.244. The zero-order chi connectivity index (χ0) is 12.7. The monoisotopic (exact) mass is 235 g/mol. The lowest BCUT2D eigenvalue weighted by Crippen LogP contribution is -2.01. The van der Waals surface area contributed by atoms with Gasteiger partial charge in [0.25, 0.3) is 0 Å². The summed E-state index contributed by atoms with van der Waals surface area (Å²) in [5, 5.41) is 0. The summed E-state index contributed by atoms with van der Waals surface area (Å²) in [6.07, 6.45) is 3.77. The van der Waals surface area contributed by atoms with Gasteiger partial charge in [-0.05, 0) is 25.1 Å². The van der Waals surface area contributed by atoms with Gasteiger partial charge in [-0.1, -0.05) is 12.2 Å². The average Bonchev–Trinajstić information content (AvgIpc) is 2.30. The van der Waals surface area contributed by atoms with E-state index in [9.17, 15) is 4.79 Å². The fourth-order valence-corrected chi connectivity index (χ4v) is 1.39. The summed E-state index contributed by atoms with van der Waals surface area (Å²) in [5.74, 6) is 0.478. The van der Waals surface area contributed by atoms with E-state index in [1.54, 1.807) is 44.4 Å². The Morgan fingerprint density at radius 2 is 2.24 bits per heavy atom. The van der Waals surface area contributed by atoms with E-state index in [1.807, 2.05) is 0 Å². The summed E-state index contributed by atoms with van der Waals surface area (Å²) in [4.78, 5) is 11.1. The lowest BCUT2D eigenvalue weighted by atomic mass is 10.1. The Morgan fingerprint density at radius 1 is 1.47 bits per heavy atom. The maximum Gasteiger partial charge on any atom is 0.309 e. The van der Waals surface area contributed by atoms with Crippen LogP contribution in [0.2, 0.25) is 0 Å². The Kier molecular flexibility index (Phi) is 5.07. The molecule has 17 heavy (non-hydrogen) atoms. The highest BCUT2D eigenvalue weighted by molar-refractivity contribution is 5.73. The van der Waals surface area contributed by atoms with Gasteiger partial charge in [-0.3, -0.25) is 4.79 Å². The van der Waals surface area contributed by atoms with Crippen molar-refractivity contribution in [2.24, 2.45) is 0 Å². The van der Waals surface area contributed by atoms with E-state index in [1.165, 1.54) is 0 Å². The van der Waals surface area contributed by atoms with Crippen molar-refractivity contribution in [1.29, 1.82) is 0 Å². The first-order chi connectivity index (χ1) is 8.17. The van der Waals surface area contributed by atoms with Gasteiger partial charge in [-0.15, -0.1) is 0 Å². The first-order valence-electron chi connectivity index (χ1n) is 5.43. The van der Waals surface area contributed by atoms with Crippen LogP contribution in [0.4, 0.5) is 5.69 Å². The average molecular weight is 235 g/mol. The fourth-order valence-electron chi connectivity index (χ4n) is 1.39. The summed E-state index contributed by atoms with van der Waals surface area (Å²) >= 11 is 0. The number of rotatable bonds is 5. The molecule has 0 bridgehead atoms. The zero-order valence-electron chi connectivity index (χ0n) is 10.1. The molecule has 0 aliphatic carbocycles. The maximum absolute atomic E-state index is 11.1. The minimum absolute atomic E-state index is 0.242. The maximum atomic E-state index is 11.1. The Bertz CT molecular complexity index is 413. The van der Waals surface area contributed by atoms with Gasteiger partial charge in [0.05, 0.1) is 20.1 Å². The molecule has 0 unspecified atom stereocenters. The number of anilines is 1. The van der Waals surface area contributed by atoms with Crippen molar-refractivity contribution in [3.8, 4) is 5.75 Å². The van der Waals surface area contributed by atoms with Crippen LogP contribution in [0.15, 0.2) is 24.3 Å². The second-order valence-electron chi connectivity index (χ2n) is 3.41. The number of hydrogen-bond donors (Lipinski definition) is 1. The Labute approximate surface area is 101 Å². The number of esters is 1. The molecule has 0 aliphatic heterocycles. The van der Waals surface area contributed by atoms with E-state index >= 15 is 0 Å². The van der Waals surface area contributed by atoms with Crippen molar-refractivity contribution in [2.75, 3.05) is 19.5 Å². The van der Waals surface area contributed by atoms with E-state index in [2.05, 4.69) is 0 Å². The smallest absolute Gasteiger partial charge is 0.309 e. The molecule has 4 nitrogen and oxygen atoms in total. The van der Waals surface area contributed by atoms with Crippen LogP contribution in [-0.4, -0.2) is 19.7 Å². The second-order valence-corrected chi connectivity index (χ2v) is 3.41. The Hall–Kier alpha value is -1.97. The van der Waals surface area contributed by atoms with E-state index in [0.29, 0.717) is 12.3 Å². The number of carbonyl (C=O) groups excluding carboxylic acids is 1. The van der Waals surface area contributed by atoms with Crippen molar-refractivity contribution in [1.82, 2.24) is 0 Å². The summed E-state index contributed by atoms with van der Waals surface area (Å²) in [5.41, 5.74) is 7.18. The number of carbonyl (C=O) groups is 1. The van der Waals surface area contributed by atoms with Gasteiger partial charge in [0.2, 0.25) is 0 Å². The fraction of sp³-hybridized carbons (Fsp3) is 0.308. The topological polar surface area (TPSA) is 61.5 Å². The predicted molar refractivity (Wildman–Crippen MR) is 67.7 cm³/mol. The largest absolute Gasteiger partial charge is 0.496 e. The van der Waals surface area contributed by atoms with Crippen LogP contribution in [0.25, 0.3) is 6.08 Å². The van der Waals surface area contributed by atoms with E-state index in [-0.39, 0.29) is 12.4 Å². The first kappa shape index (κ1) is 13.1. The lowest BCUT2D eigenvalue weighted by molar-refractivity contribution is -0.142. The molecule has 2 N–H and O–H groups in total. The highest BCUT2D eigenvalue weighted by Gasteiger charge is 2.01. The molecule has 0 heterocycles. The Balaban J connectivity index is 2.70. The molecule has 1 rings (SSSR count). The molecule has 4 heteroatoms. The van der Waals surface area contributed by atoms with Crippen molar-refractivity contribution in [2.45, 2.75) is 13.3 Å². The third-order valence-electron chi connectivity index (χ3n) is 2.14. The van der Waals surface area contributed by atoms with Gasteiger partial charge in [-0.25, -0.2) is 0 Å². The number of hydrogen-bond acceptors (Lipinski definition) is 4. The highest BCUT2D eigenvalue weighted by atomic mass is 16.5. The molecule has 0 saturated carbocycles. The van der Waals surface area contributed by atoms with E-state index in [4.69, 9.17) is 15.2 Å². The van der Waals surface area contributed by atoms with Crippen LogP contribution in [-0.2, 0) is 9.53 Å². The van der Waals surface area contributed by atoms with Crippen LogP contribution in [0.3, 0.4) is 0 Å². The third-order valence-corrected chi connectivity index (χ3v) is 2.14. The molecule has 1 aromatic carbocycles. The normalized spacial score (nSPS) is 10.5. The first-order valence-corrected chi connectivity index (χ1v) is 5.43. The van der Waals surface area contributed by atoms with Gasteiger partial charge in [0.1, 0.15) is 5.75 Å². The van der Waals surface area contributed by atoms with Crippen LogP contribution in [0, 0.1) is 0 Å². The number of nitrogen functional groups attached to an aromatic ring is 1. The van der Waals surface area contributed by atoms with Gasteiger partial charge >= 0.3 is 5.97 Å². The molecule has 0 fully saturated rings. The van der Waals surface area contributed by atoms with E-state index < -0.39 is 0 Å². The van der Waals surface area contributed by atoms with Gasteiger partial charge in [0.15, 0.2) is 0 Å². The van der Waals surface area contributed by atoms with Crippen molar-refractivity contribution in [3.05, 3.63) is 29.8 Å². The summed E-state index contributed by atoms with van der Waals surface area (Å²) in [7, 11) is 1.59. The molecule has 92 valence electrons. The van der Waals surface area contributed by atoms with Crippen molar-refractivity contribution in [3.63, 3.8) is 0 Å². The van der Waals surface area contributed by atoms with Crippen molar-refractivity contribution < 1.29 is 14.3 Å². The van der Waals surface area contributed by atoms with Crippen LogP contribution < -0.4 is 10.5 Å². The predicted octanol–water partition coefficient (Wildman–Crippen LogP) is 2.24. The molecule has 0 saturated heterocycles. The number of benzene rings is 1. The minimum Gasteiger partial charge on any atom is -0.496 e. The molecule has 1 aromatic rings. The van der Waals surface area contributed by atoms with Crippen LogP contribution >= 0.6 is 0 Å². The van der Waals surface area contributed by atoms with Gasteiger partial charge < -0.3 is 15.2 Å². The second kappa shape index (κ2) is 6.58. The molecular weight excluding hydrogens is 218 g/mol. The summed E-state index contributed by atoms with van der Waals surface area (Å²) < 4.78 is 10.00. The molecular formula is C13H17NO3. The number of nitrogens with two attached hydrogens (primary N) is 1. The molecule has 0 spiro atoms. The molecule has 0 aromatic heterocycles. The van der Waals surface area contributed by atoms with Crippen LogP contribution in [0.5, 0.6) is 5.75 Å². The van der Waals surface area contributed by atoms with E-state index in [0.717, 1.165) is 11.3 Å². The number of ether oxygens (including phenoxy) is 2. The van der Waals surface area contributed by atoms with Crippen LogP contribution in [0.1, 0.15) is 18.9 Å². The highest BCUT2D eigenvalue weighted by Crippen LogP contribution is 2.22. The van der Waals surface area contributed by atoms with Gasteiger partial charge in [0, 0.05) is 11.3 Å². The van der Waals surface area contributed by atoms with Crippen molar-refractivity contribution >= 4 is 17.7 Å². The molecule has 0 atom stereocenters. The zero-order valence-corrected chi connectivity index (χ0v) is 10.1. The SMILES string of the molecule is CCOC(=O)CC=Cc1cc(N)ccc1OC. The molecule has 0 aliphatic rings. The number of methoxy groups -OCH3 is 1. The molecule has 0 amide bonds.